The van der Waals surface area contributed by atoms with Crippen LogP contribution >= 0.6 is 0 Å². The number of rotatable bonds is 1. The fourth-order valence-corrected chi connectivity index (χ4v) is 0.494. The number of hydrogen-bond donors (Lipinski definition) is 1. The molecule has 1 saturated carbocycles. The Hall–Kier alpha value is -1.19. The second-order valence-corrected chi connectivity index (χ2v) is 1.85. The minimum Gasteiger partial charge on any atom is -0.503 e. The van der Waals surface area contributed by atoms with Crippen molar-refractivity contribution >= 4 is 5.91 Å². The van der Waals surface area contributed by atoms with E-state index in [-0.39, 0.29) is 0 Å². The third kappa shape index (κ3) is 1.13. The number of allylic oxidation sites excluding steroid dienone is 1. The highest BCUT2D eigenvalue weighted by molar-refractivity contribution is 5.92. The molecule has 1 amide bonds. The van der Waals surface area contributed by atoms with Crippen molar-refractivity contribution in [2.45, 2.75) is 12.8 Å². The molecule has 0 bridgehead atoms. The molecule has 1 aliphatic rings. The van der Waals surface area contributed by atoms with Gasteiger partial charge in [0.15, 0.2) is 5.76 Å². The zero-order valence-electron chi connectivity index (χ0n) is 4.63. The number of aliphatic hydroxyl groups is 1. The Balaban J connectivity index is 2.72. The highest BCUT2D eigenvalue weighted by Crippen LogP contribution is 2.30. The van der Waals surface area contributed by atoms with E-state index in [4.69, 9.17) is 5.11 Å². The van der Waals surface area contributed by atoms with E-state index in [0.717, 1.165) is 0 Å². The van der Waals surface area contributed by atoms with Gasteiger partial charge in [-0.3, -0.25) is 4.79 Å². The van der Waals surface area contributed by atoms with Crippen molar-refractivity contribution in [3.63, 3.8) is 0 Å². The van der Waals surface area contributed by atoms with Gasteiger partial charge in [-0.1, -0.05) is 0 Å². The zero-order valence-corrected chi connectivity index (χ0v) is 4.63. The van der Waals surface area contributed by atoms with Crippen LogP contribution in [-0.2, 0) is 4.79 Å². The van der Waals surface area contributed by atoms with Gasteiger partial charge in [0.1, 0.15) is 0 Å². The van der Waals surface area contributed by atoms with Gasteiger partial charge in [-0.05, 0) is 18.4 Å². The molecule has 9 heavy (non-hydrogen) atoms. The van der Waals surface area contributed by atoms with E-state index >= 15 is 0 Å². The molecule has 0 aromatic rings. The first-order valence-corrected chi connectivity index (χ1v) is 2.54. The fourth-order valence-electron chi connectivity index (χ4n) is 0.494. The number of nitroso groups, excluding NO2 is 1. The Labute approximate surface area is 51.2 Å². The van der Waals surface area contributed by atoms with Crippen LogP contribution in [0.3, 0.4) is 0 Å². The lowest BCUT2D eigenvalue weighted by Gasteiger charge is -1.83. The molecule has 4 heteroatoms. The maximum Gasteiger partial charge on any atom is 0.350 e. The summed E-state index contributed by atoms with van der Waals surface area (Å²) in [6.07, 6.45) is 1.43. The molecule has 1 rings (SSSR count). The molecule has 0 radical (unpaired) electrons. The van der Waals surface area contributed by atoms with Crippen LogP contribution in [0.4, 0.5) is 0 Å². The van der Waals surface area contributed by atoms with Gasteiger partial charge in [-0.25, -0.2) is 0 Å². The third-order valence-corrected chi connectivity index (χ3v) is 1.12. The molecule has 4 nitrogen and oxygen atoms in total. The quantitative estimate of drug-likeness (QED) is 0.323. The Kier molecular flexibility index (Phi) is 1.30. The van der Waals surface area contributed by atoms with Gasteiger partial charge in [0.25, 0.3) is 0 Å². The zero-order chi connectivity index (χ0) is 6.85. The molecule has 0 aromatic carbocycles. The maximum absolute atomic E-state index is 10.2. The van der Waals surface area contributed by atoms with E-state index in [1.165, 1.54) is 0 Å². The average molecular weight is 127 g/mol. The van der Waals surface area contributed by atoms with E-state index < -0.39 is 11.7 Å². The van der Waals surface area contributed by atoms with E-state index in [0.29, 0.717) is 18.4 Å². The first-order chi connectivity index (χ1) is 4.25. The molecule has 48 valence electrons. The SMILES string of the molecule is O=NC(=O)C(O)=C1CC1. The van der Waals surface area contributed by atoms with E-state index in [1.54, 1.807) is 0 Å². The molecule has 0 unspecified atom stereocenters. The summed E-state index contributed by atoms with van der Waals surface area (Å²) in [6.45, 7) is 0. The summed E-state index contributed by atoms with van der Waals surface area (Å²) in [6, 6.07) is 0. The standard InChI is InChI=1S/C5H5NO3/c7-4(3-1-2-3)5(8)6-9/h7H,1-2H2. The van der Waals surface area contributed by atoms with E-state index in [9.17, 15) is 9.70 Å². The lowest BCUT2D eigenvalue weighted by Crippen LogP contribution is -1.95. The van der Waals surface area contributed by atoms with Crippen molar-refractivity contribution in [3.8, 4) is 0 Å². The van der Waals surface area contributed by atoms with Crippen LogP contribution in [0.5, 0.6) is 0 Å². The number of nitrogens with zero attached hydrogens (tertiary/aromatic N) is 1. The van der Waals surface area contributed by atoms with Crippen molar-refractivity contribution < 1.29 is 9.90 Å². The first-order valence-electron chi connectivity index (χ1n) is 2.54. The van der Waals surface area contributed by atoms with Gasteiger partial charge in [-0.15, -0.1) is 4.91 Å². The number of carbonyl (C=O) groups excluding carboxylic acids is 1. The van der Waals surface area contributed by atoms with Gasteiger partial charge in [0.05, 0.1) is 0 Å². The highest BCUT2D eigenvalue weighted by atomic mass is 16.3. The minimum atomic E-state index is -1.05. The molecule has 0 atom stereocenters. The maximum atomic E-state index is 10.2. The summed E-state index contributed by atoms with van der Waals surface area (Å²) in [5.74, 6) is -1.51. The van der Waals surface area contributed by atoms with Crippen LogP contribution in [0.15, 0.2) is 16.5 Å². The summed E-state index contributed by atoms with van der Waals surface area (Å²) >= 11 is 0. The summed E-state index contributed by atoms with van der Waals surface area (Å²) in [7, 11) is 0. The van der Waals surface area contributed by atoms with Crippen LogP contribution < -0.4 is 0 Å². The largest absolute Gasteiger partial charge is 0.503 e. The molecule has 0 spiro atoms. The predicted octanol–water partition coefficient (Wildman–Crippen LogP) is 0.885. The van der Waals surface area contributed by atoms with Crippen molar-refractivity contribution in [2.75, 3.05) is 0 Å². The second-order valence-electron chi connectivity index (χ2n) is 1.85. The summed E-state index contributed by atoms with van der Waals surface area (Å²) in [5.41, 5.74) is 0.639. The molecule has 0 aromatic heterocycles. The van der Waals surface area contributed by atoms with Crippen molar-refractivity contribution in [3.05, 3.63) is 16.2 Å². The minimum absolute atomic E-state index is 0.454. The molecule has 0 aliphatic heterocycles. The van der Waals surface area contributed by atoms with Crippen LogP contribution in [-0.4, -0.2) is 11.0 Å². The summed E-state index contributed by atoms with van der Waals surface area (Å²) in [4.78, 5) is 19.7. The number of aliphatic hydroxyl groups excluding tert-OH is 1. The Morgan fingerprint density at radius 3 is 2.44 bits per heavy atom. The average Bonchev–Trinajstić information content (AvgIpc) is 2.66. The van der Waals surface area contributed by atoms with Crippen molar-refractivity contribution in [1.29, 1.82) is 0 Å². The van der Waals surface area contributed by atoms with Gasteiger partial charge < -0.3 is 5.11 Å². The normalized spacial score (nSPS) is 14.9. The van der Waals surface area contributed by atoms with Crippen molar-refractivity contribution in [1.82, 2.24) is 0 Å². The lowest BCUT2D eigenvalue weighted by molar-refractivity contribution is -0.116. The first kappa shape index (κ1) is 5.94. The third-order valence-electron chi connectivity index (χ3n) is 1.12. The molecular weight excluding hydrogens is 122 g/mol. The topological polar surface area (TPSA) is 66.7 Å². The van der Waals surface area contributed by atoms with Crippen LogP contribution in [0, 0.1) is 4.91 Å². The van der Waals surface area contributed by atoms with E-state index in [2.05, 4.69) is 5.18 Å². The van der Waals surface area contributed by atoms with Gasteiger partial charge in [-0.2, -0.15) is 0 Å². The Bertz CT molecular complexity index is 188. The fraction of sp³-hybridized carbons (Fsp3) is 0.400. The number of amides is 1. The molecule has 1 N–H and O–H groups in total. The molecule has 0 saturated heterocycles. The number of carbonyl (C=O) groups is 1. The number of hydrogen-bond acceptors (Lipinski definition) is 3. The highest BCUT2D eigenvalue weighted by Gasteiger charge is 2.22. The van der Waals surface area contributed by atoms with Crippen LogP contribution in [0.25, 0.3) is 0 Å². The molecular formula is C5H5NO3. The smallest absolute Gasteiger partial charge is 0.350 e. The monoisotopic (exact) mass is 127 g/mol. The Morgan fingerprint density at radius 2 is 2.11 bits per heavy atom. The van der Waals surface area contributed by atoms with Crippen LogP contribution in [0.1, 0.15) is 12.8 Å². The molecule has 0 heterocycles. The summed E-state index contributed by atoms with van der Waals surface area (Å²) < 4.78 is 0. The van der Waals surface area contributed by atoms with Gasteiger partial charge >= 0.3 is 5.91 Å². The Morgan fingerprint density at radius 1 is 1.56 bits per heavy atom. The molecule has 1 fully saturated rings. The second kappa shape index (κ2) is 1.97. The lowest BCUT2D eigenvalue weighted by atomic mass is 10.4. The van der Waals surface area contributed by atoms with E-state index in [1.807, 2.05) is 0 Å². The predicted molar refractivity (Wildman–Crippen MR) is 29.7 cm³/mol. The van der Waals surface area contributed by atoms with Gasteiger partial charge in [0.2, 0.25) is 0 Å². The summed E-state index contributed by atoms with van der Waals surface area (Å²) in [5, 5.41) is 10.7. The molecule has 1 aliphatic carbocycles. The van der Waals surface area contributed by atoms with Crippen molar-refractivity contribution in [2.24, 2.45) is 5.18 Å². The van der Waals surface area contributed by atoms with Crippen LogP contribution in [0.2, 0.25) is 0 Å². The van der Waals surface area contributed by atoms with Gasteiger partial charge in [0, 0.05) is 5.18 Å².